The van der Waals surface area contributed by atoms with E-state index >= 15 is 0 Å². The number of fused-ring (bicyclic) bond motifs is 4. The lowest BCUT2D eigenvalue weighted by Crippen LogP contribution is -2.39. The van der Waals surface area contributed by atoms with E-state index in [-0.39, 0.29) is 0 Å². The van der Waals surface area contributed by atoms with E-state index in [0.29, 0.717) is 35.2 Å². The van der Waals surface area contributed by atoms with Crippen molar-refractivity contribution in [3.05, 3.63) is 47.0 Å². The van der Waals surface area contributed by atoms with Crippen LogP contribution in [0.4, 0.5) is 0 Å². The smallest absolute Gasteiger partial charge is 0.161 e. The highest BCUT2D eigenvalue weighted by molar-refractivity contribution is 5.51. The first-order valence-electron chi connectivity index (χ1n) is 8.05. The van der Waals surface area contributed by atoms with Crippen molar-refractivity contribution in [2.75, 3.05) is 21.3 Å². The minimum atomic E-state index is -0.777. The average molecular weight is 344 g/mol. The zero-order valence-electron chi connectivity index (χ0n) is 14.3. The van der Waals surface area contributed by atoms with Crippen molar-refractivity contribution < 1.29 is 28.8 Å². The Hall–Kier alpha value is -2.44. The molecule has 4 rings (SSSR count). The minimum absolute atomic E-state index is 0.378. The second kappa shape index (κ2) is 6.13. The fourth-order valence-corrected chi connectivity index (χ4v) is 3.47. The first kappa shape index (κ1) is 16.1. The first-order valence-corrected chi connectivity index (χ1v) is 8.05. The van der Waals surface area contributed by atoms with E-state index < -0.39 is 18.3 Å². The molecule has 2 aliphatic rings. The Morgan fingerprint density at radius 2 is 1.72 bits per heavy atom. The Balaban J connectivity index is 1.79. The lowest BCUT2D eigenvalue weighted by atomic mass is 9.87. The van der Waals surface area contributed by atoms with Crippen molar-refractivity contribution in [1.82, 2.24) is 0 Å². The molecule has 0 amide bonds. The molecule has 6 nitrogen and oxygen atoms in total. The molecule has 3 atom stereocenters. The number of hydrogen-bond donors (Lipinski definition) is 1. The number of aliphatic hydroxyl groups excluding tert-OH is 1. The molecule has 0 aliphatic carbocycles. The maximum absolute atomic E-state index is 10.8. The molecule has 0 bridgehead atoms. The summed E-state index contributed by atoms with van der Waals surface area (Å²) in [6, 6.07) is 9.18. The van der Waals surface area contributed by atoms with Crippen molar-refractivity contribution >= 4 is 0 Å². The lowest BCUT2D eigenvalue weighted by molar-refractivity contribution is -0.127. The second-order valence-electron chi connectivity index (χ2n) is 6.07. The molecular formula is C19H20O6. The van der Waals surface area contributed by atoms with Gasteiger partial charge in [0.2, 0.25) is 0 Å². The van der Waals surface area contributed by atoms with E-state index in [9.17, 15) is 5.11 Å². The SMILES string of the molecule is COc1ccc2c(c1)O[C@@H]1c3cc(OC)c(OC)cc3CO[C@H]1[C@H]2O. The predicted octanol–water partition coefficient (Wildman–Crippen LogP) is 2.78. The van der Waals surface area contributed by atoms with Crippen LogP contribution < -0.4 is 18.9 Å². The molecule has 2 aromatic carbocycles. The summed E-state index contributed by atoms with van der Waals surface area (Å²) in [5.74, 6) is 2.53. The predicted molar refractivity (Wildman–Crippen MR) is 89.4 cm³/mol. The largest absolute Gasteiger partial charge is 0.497 e. The van der Waals surface area contributed by atoms with Crippen LogP contribution in [0.2, 0.25) is 0 Å². The van der Waals surface area contributed by atoms with Crippen LogP contribution in [0.3, 0.4) is 0 Å². The van der Waals surface area contributed by atoms with Gasteiger partial charge in [0, 0.05) is 17.2 Å². The van der Waals surface area contributed by atoms with Crippen molar-refractivity contribution in [1.29, 1.82) is 0 Å². The summed E-state index contributed by atoms with van der Waals surface area (Å²) in [5.41, 5.74) is 2.59. The summed E-state index contributed by atoms with van der Waals surface area (Å²) in [4.78, 5) is 0. The number of rotatable bonds is 3. The number of aliphatic hydroxyl groups is 1. The normalized spacial score (nSPS) is 23.6. The first-order chi connectivity index (χ1) is 12.2. The van der Waals surface area contributed by atoms with Gasteiger partial charge in [-0.3, -0.25) is 0 Å². The maximum atomic E-state index is 10.8. The van der Waals surface area contributed by atoms with Crippen LogP contribution in [-0.2, 0) is 11.3 Å². The van der Waals surface area contributed by atoms with Crippen molar-refractivity contribution in [3.63, 3.8) is 0 Å². The van der Waals surface area contributed by atoms with Gasteiger partial charge in [-0.1, -0.05) is 0 Å². The zero-order chi connectivity index (χ0) is 17.6. The minimum Gasteiger partial charge on any atom is -0.497 e. The Bertz CT molecular complexity index is 803. The molecule has 0 saturated carbocycles. The fraction of sp³-hybridized carbons (Fsp3) is 0.368. The van der Waals surface area contributed by atoms with E-state index in [2.05, 4.69) is 0 Å². The van der Waals surface area contributed by atoms with Gasteiger partial charge in [0.15, 0.2) is 17.6 Å². The average Bonchev–Trinajstić information content (AvgIpc) is 2.66. The van der Waals surface area contributed by atoms with Crippen LogP contribution >= 0.6 is 0 Å². The molecule has 2 aromatic rings. The molecule has 0 unspecified atom stereocenters. The highest BCUT2D eigenvalue weighted by Gasteiger charge is 2.43. The number of methoxy groups -OCH3 is 3. The van der Waals surface area contributed by atoms with Gasteiger partial charge in [-0.2, -0.15) is 0 Å². The van der Waals surface area contributed by atoms with Gasteiger partial charge in [0.05, 0.1) is 27.9 Å². The molecule has 6 heteroatoms. The van der Waals surface area contributed by atoms with E-state index in [0.717, 1.165) is 11.1 Å². The van der Waals surface area contributed by atoms with Gasteiger partial charge in [0.25, 0.3) is 0 Å². The molecule has 25 heavy (non-hydrogen) atoms. The summed E-state index contributed by atoms with van der Waals surface area (Å²) in [6.45, 7) is 0.378. The summed E-state index contributed by atoms with van der Waals surface area (Å²) >= 11 is 0. The van der Waals surface area contributed by atoms with Gasteiger partial charge in [-0.25, -0.2) is 0 Å². The van der Waals surface area contributed by atoms with Crippen LogP contribution in [0.1, 0.15) is 28.9 Å². The summed E-state index contributed by atoms with van der Waals surface area (Å²) in [5, 5.41) is 10.8. The molecule has 2 heterocycles. The van der Waals surface area contributed by atoms with Crippen LogP contribution in [0.5, 0.6) is 23.0 Å². The second-order valence-corrected chi connectivity index (χ2v) is 6.07. The fourth-order valence-electron chi connectivity index (χ4n) is 3.47. The van der Waals surface area contributed by atoms with Gasteiger partial charge >= 0.3 is 0 Å². The topological polar surface area (TPSA) is 66.4 Å². The van der Waals surface area contributed by atoms with Gasteiger partial charge < -0.3 is 28.8 Å². The third kappa shape index (κ3) is 2.49. The van der Waals surface area contributed by atoms with Crippen molar-refractivity contribution in [2.24, 2.45) is 0 Å². The quantitative estimate of drug-likeness (QED) is 0.924. The molecule has 2 aliphatic heterocycles. The van der Waals surface area contributed by atoms with Crippen LogP contribution in [0, 0.1) is 0 Å². The van der Waals surface area contributed by atoms with Crippen LogP contribution in [-0.4, -0.2) is 32.5 Å². The van der Waals surface area contributed by atoms with Crippen molar-refractivity contribution in [2.45, 2.75) is 24.9 Å². The zero-order valence-corrected chi connectivity index (χ0v) is 14.3. The summed E-state index contributed by atoms with van der Waals surface area (Å²) in [7, 11) is 4.79. The molecule has 1 N–H and O–H groups in total. The molecular weight excluding hydrogens is 324 g/mol. The number of ether oxygens (including phenoxy) is 5. The Labute approximate surface area is 145 Å². The van der Waals surface area contributed by atoms with Gasteiger partial charge in [-0.15, -0.1) is 0 Å². The number of benzene rings is 2. The van der Waals surface area contributed by atoms with E-state index in [1.54, 1.807) is 33.5 Å². The Morgan fingerprint density at radius 1 is 0.960 bits per heavy atom. The summed E-state index contributed by atoms with van der Waals surface area (Å²) in [6.07, 6.45) is -1.69. The third-order valence-corrected chi connectivity index (χ3v) is 4.79. The molecule has 0 fully saturated rings. The molecule has 132 valence electrons. The van der Waals surface area contributed by atoms with Crippen LogP contribution in [0.15, 0.2) is 30.3 Å². The Kier molecular flexibility index (Phi) is 3.94. The summed E-state index contributed by atoms with van der Waals surface area (Å²) < 4.78 is 28.1. The molecule has 0 aromatic heterocycles. The van der Waals surface area contributed by atoms with E-state index in [4.69, 9.17) is 23.7 Å². The highest BCUT2D eigenvalue weighted by Crippen LogP contribution is 2.48. The maximum Gasteiger partial charge on any atom is 0.161 e. The molecule has 0 radical (unpaired) electrons. The standard InChI is InChI=1S/C19H20O6/c1-21-11-4-5-12-14(7-11)25-18-13-8-16(23-3)15(22-2)6-10(13)9-24-19(18)17(12)20/h4-8,17-20H,9H2,1-3H3/t17-,18+,19-/m0/s1. The highest BCUT2D eigenvalue weighted by atomic mass is 16.6. The van der Waals surface area contributed by atoms with E-state index in [1.165, 1.54) is 0 Å². The Morgan fingerprint density at radius 3 is 2.44 bits per heavy atom. The van der Waals surface area contributed by atoms with Crippen molar-refractivity contribution in [3.8, 4) is 23.0 Å². The van der Waals surface area contributed by atoms with Gasteiger partial charge in [-0.05, 0) is 29.8 Å². The van der Waals surface area contributed by atoms with E-state index in [1.807, 2.05) is 18.2 Å². The monoisotopic (exact) mass is 344 g/mol. The lowest BCUT2D eigenvalue weighted by Gasteiger charge is -2.41. The van der Waals surface area contributed by atoms with Crippen LogP contribution in [0.25, 0.3) is 0 Å². The molecule has 0 saturated heterocycles. The molecule has 0 spiro atoms. The van der Waals surface area contributed by atoms with Gasteiger partial charge in [0.1, 0.15) is 23.7 Å². The third-order valence-electron chi connectivity index (χ3n) is 4.79. The number of hydrogen-bond acceptors (Lipinski definition) is 6.